The fourth-order valence-corrected chi connectivity index (χ4v) is 2.24. The number of methoxy groups -OCH3 is 1. The molecule has 1 amide bonds. The molecule has 0 aliphatic heterocycles. The number of carbonyl (C=O) groups is 1. The van der Waals surface area contributed by atoms with Crippen LogP contribution in [0.1, 0.15) is 31.9 Å². The van der Waals surface area contributed by atoms with Gasteiger partial charge in [-0.1, -0.05) is 37.3 Å². The van der Waals surface area contributed by atoms with E-state index >= 15 is 0 Å². The second kappa shape index (κ2) is 8.68. The van der Waals surface area contributed by atoms with E-state index in [9.17, 15) is 4.79 Å². The molecule has 1 aromatic carbocycles. The Labute approximate surface area is 121 Å². The topological polar surface area (TPSA) is 67.6 Å². The highest BCUT2D eigenvalue weighted by Gasteiger charge is 2.29. The second-order valence-corrected chi connectivity index (χ2v) is 4.81. The zero-order valence-electron chi connectivity index (χ0n) is 12.5. The third kappa shape index (κ3) is 4.30. The van der Waals surface area contributed by atoms with Gasteiger partial charge in [-0.3, -0.25) is 15.1 Å². The minimum Gasteiger partial charge on any atom is -0.383 e. The molecular weight excluding hydrogens is 254 g/mol. The van der Waals surface area contributed by atoms with Crippen molar-refractivity contribution in [2.45, 2.75) is 32.4 Å². The number of hydrogen-bond acceptors (Lipinski definition) is 4. The van der Waals surface area contributed by atoms with Crippen LogP contribution in [-0.4, -0.2) is 37.1 Å². The molecule has 0 fully saturated rings. The van der Waals surface area contributed by atoms with Gasteiger partial charge >= 0.3 is 0 Å². The first-order valence-corrected chi connectivity index (χ1v) is 6.95. The van der Waals surface area contributed by atoms with Crippen LogP contribution in [0, 0.1) is 0 Å². The molecule has 5 nitrogen and oxygen atoms in total. The lowest BCUT2D eigenvalue weighted by molar-refractivity contribution is -0.128. The van der Waals surface area contributed by atoms with Crippen molar-refractivity contribution in [2.75, 3.05) is 20.3 Å². The average Bonchev–Trinajstić information content (AvgIpc) is 2.50. The van der Waals surface area contributed by atoms with Crippen molar-refractivity contribution < 1.29 is 9.53 Å². The Morgan fingerprint density at radius 1 is 1.40 bits per heavy atom. The maximum Gasteiger partial charge on any atom is 0.255 e. The Morgan fingerprint density at radius 2 is 2.05 bits per heavy atom. The number of nitrogens with two attached hydrogens (primary N) is 1. The van der Waals surface area contributed by atoms with Gasteiger partial charge in [-0.2, -0.15) is 0 Å². The van der Waals surface area contributed by atoms with Gasteiger partial charge in [0.2, 0.25) is 0 Å². The van der Waals surface area contributed by atoms with Gasteiger partial charge in [0.25, 0.3) is 5.91 Å². The third-order valence-corrected chi connectivity index (χ3v) is 3.55. The maximum atomic E-state index is 12.2. The van der Waals surface area contributed by atoms with Crippen LogP contribution in [-0.2, 0) is 9.53 Å². The van der Waals surface area contributed by atoms with E-state index in [2.05, 4.69) is 24.2 Å². The van der Waals surface area contributed by atoms with Crippen molar-refractivity contribution in [1.29, 1.82) is 0 Å². The number of benzene rings is 1. The first-order chi connectivity index (χ1) is 9.65. The van der Waals surface area contributed by atoms with Gasteiger partial charge in [-0.25, -0.2) is 5.84 Å². The van der Waals surface area contributed by atoms with E-state index in [-0.39, 0.29) is 11.9 Å². The molecule has 0 radical (unpaired) electrons. The zero-order valence-corrected chi connectivity index (χ0v) is 12.5. The lowest BCUT2D eigenvalue weighted by Gasteiger charge is -2.35. The smallest absolute Gasteiger partial charge is 0.255 e. The predicted octanol–water partition coefficient (Wildman–Crippen LogP) is 1.46. The molecule has 2 atom stereocenters. The molecule has 3 N–H and O–H groups in total. The molecule has 0 aliphatic carbocycles. The monoisotopic (exact) mass is 279 g/mol. The minimum atomic E-state index is -0.397. The van der Waals surface area contributed by atoms with Crippen LogP contribution in [0.4, 0.5) is 0 Å². The molecule has 0 heterocycles. The SMILES string of the molecule is CCC(C)N(CCOC)C(C(=O)NN)c1ccccc1. The third-order valence-electron chi connectivity index (χ3n) is 3.55. The zero-order chi connectivity index (χ0) is 15.0. The first kappa shape index (κ1) is 16.6. The van der Waals surface area contributed by atoms with Crippen molar-refractivity contribution in [3.05, 3.63) is 35.9 Å². The second-order valence-electron chi connectivity index (χ2n) is 4.81. The summed E-state index contributed by atoms with van der Waals surface area (Å²) in [5, 5.41) is 0. The van der Waals surface area contributed by atoms with Crippen LogP contribution >= 0.6 is 0 Å². The molecule has 0 bridgehead atoms. The van der Waals surface area contributed by atoms with Crippen LogP contribution in [0.2, 0.25) is 0 Å². The number of nitrogens with one attached hydrogen (secondary N) is 1. The number of hydrazine groups is 1. The van der Waals surface area contributed by atoms with Crippen LogP contribution in [0.3, 0.4) is 0 Å². The number of nitrogens with zero attached hydrogens (tertiary/aromatic N) is 1. The fraction of sp³-hybridized carbons (Fsp3) is 0.533. The van der Waals surface area contributed by atoms with Crippen molar-refractivity contribution in [2.24, 2.45) is 5.84 Å². The first-order valence-electron chi connectivity index (χ1n) is 6.95. The maximum absolute atomic E-state index is 12.2. The summed E-state index contributed by atoms with van der Waals surface area (Å²) in [7, 11) is 1.66. The van der Waals surface area contributed by atoms with Gasteiger partial charge in [-0.15, -0.1) is 0 Å². The Hall–Kier alpha value is -1.43. The van der Waals surface area contributed by atoms with Crippen molar-refractivity contribution in [3.63, 3.8) is 0 Å². The van der Waals surface area contributed by atoms with E-state index in [4.69, 9.17) is 10.6 Å². The molecule has 0 saturated carbocycles. The quantitative estimate of drug-likeness (QED) is 0.429. The summed E-state index contributed by atoms with van der Waals surface area (Å²) in [5.74, 6) is 5.16. The fourth-order valence-electron chi connectivity index (χ4n) is 2.24. The molecular formula is C15H25N3O2. The van der Waals surface area contributed by atoms with Crippen molar-refractivity contribution in [3.8, 4) is 0 Å². The summed E-state index contributed by atoms with van der Waals surface area (Å²) >= 11 is 0. The summed E-state index contributed by atoms with van der Waals surface area (Å²) in [6, 6.07) is 9.54. The van der Waals surface area contributed by atoms with Gasteiger partial charge in [-0.05, 0) is 18.9 Å². The summed E-state index contributed by atoms with van der Waals surface area (Å²) in [4.78, 5) is 14.3. The summed E-state index contributed by atoms with van der Waals surface area (Å²) in [6.07, 6.45) is 0.949. The van der Waals surface area contributed by atoms with E-state index in [0.717, 1.165) is 12.0 Å². The van der Waals surface area contributed by atoms with E-state index in [1.165, 1.54) is 0 Å². The largest absolute Gasteiger partial charge is 0.383 e. The van der Waals surface area contributed by atoms with Gasteiger partial charge in [0.15, 0.2) is 0 Å². The van der Waals surface area contributed by atoms with Gasteiger partial charge in [0.05, 0.1) is 6.61 Å². The number of amides is 1. The number of rotatable bonds is 8. The Morgan fingerprint density at radius 3 is 2.55 bits per heavy atom. The molecule has 1 rings (SSSR count). The normalized spacial score (nSPS) is 14.1. The highest BCUT2D eigenvalue weighted by molar-refractivity contribution is 5.82. The molecule has 20 heavy (non-hydrogen) atoms. The number of ether oxygens (including phenoxy) is 1. The standard InChI is InChI=1S/C15H25N3O2/c1-4-12(2)18(10-11-20-3)14(15(19)17-16)13-8-6-5-7-9-13/h5-9,12,14H,4,10-11,16H2,1-3H3,(H,17,19). The molecule has 112 valence electrons. The van der Waals surface area contributed by atoms with E-state index in [1.54, 1.807) is 7.11 Å². The average molecular weight is 279 g/mol. The van der Waals surface area contributed by atoms with Crippen LogP contribution in [0.15, 0.2) is 30.3 Å². The highest BCUT2D eigenvalue weighted by Crippen LogP contribution is 2.24. The Balaban J connectivity index is 3.07. The Bertz CT molecular complexity index is 397. The van der Waals surface area contributed by atoms with Crippen molar-refractivity contribution in [1.82, 2.24) is 10.3 Å². The van der Waals surface area contributed by atoms with Gasteiger partial charge in [0, 0.05) is 19.7 Å². The van der Waals surface area contributed by atoms with Crippen LogP contribution in [0.5, 0.6) is 0 Å². The van der Waals surface area contributed by atoms with E-state index in [1.807, 2.05) is 30.3 Å². The van der Waals surface area contributed by atoms with Gasteiger partial charge < -0.3 is 4.74 Å². The predicted molar refractivity (Wildman–Crippen MR) is 79.8 cm³/mol. The molecule has 0 saturated heterocycles. The number of hydrogen-bond donors (Lipinski definition) is 2. The molecule has 0 aromatic heterocycles. The highest BCUT2D eigenvalue weighted by atomic mass is 16.5. The summed E-state index contributed by atoms with van der Waals surface area (Å²) in [5.41, 5.74) is 3.21. The van der Waals surface area contributed by atoms with Crippen LogP contribution < -0.4 is 11.3 Å². The lowest BCUT2D eigenvalue weighted by Crippen LogP contribution is -2.47. The van der Waals surface area contributed by atoms with E-state index in [0.29, 0.717) is 13.2 Å². The molecule has 1 aromatic rings. The molecule has 0 spiro atoms. The molecule has 2 unspecified atom stereocenters. The Kier molecular flexibility index (Phi) is 7.22. The molecule has 5 heteroatoms. The molecule has 0 aliphatic rings. The van der Waals surface area contributed by atoms with Gasteiger partial charge in [0.1, 0.15) is 6.04 Å². The summed E-state index contributed by atoms with van der Waals surface area (Å²) < 4.78 is 5.16. The number of carbonyl (C=O) groups excluding carboxylic acids is 1. The van der Waals surface area contributed by atoms with Crippen molar-refractivity contribution >= 4 is 5.91 Å². The summed E-state index contributed by atoms with van der Waals surface area (Å²) in [6.45, 7) is 5.46. The van der Waals surface area contributed by atoms with E-state index < -0.39 is 6.04 Å². The van der Waals surface area contributed by atoms with Crippen LogP contribution in [0.25, 0.3) is 0 Å². The lowest BCUT2D eigenvalue weighted by atomic mass is 10.0. The minimum absolute atomic E-state index is 0.201.